The van der Waals surface area contributed by atoms with E-state index in [1.54, 1.807) is 0 Å². The summed E-state index contributed by atoms with van der Waals surface area (Å²) in [5.74, 6) is -0.305. The van der Waals surface area contributed by atoms with Gasteiger partial charge in [0.05, 0.1) is 19.8 Å². The fourth-order valence-corrected chi connectivity index (χ4v) is 9.37. The standard InChI is InChI=1S/C58H112O9/c1-3-5-7-9-11-13-15-17-19-21-23-25-27-29-31-33-35-37-39-41-43-45-47-54(60)66-52(51-65-58-57(63)56(62)55(61)53(49-59)67-58)50-64-48-46-44-42-40-38-36-34-32-30-28-26-24-22-20-18-16-14-12-10-8-6-4-2/h22,24,52-53,55-59,61-63H,3-21,23,25-51H2,1-2H3/b24-22-. The smallest absolute Gasteiger partial charge is 0.306 e. The maximum atomic E-state index is 12.9. The van der Waals surface area contributed by atoms with Gasteiger partial charge in [-0.15, -0.1) is 0 Å². The van der Waals surface area contributed by atoms with Crippen molar-refractivity contribution in [3.05, 3.63) is 12.2 Å². The minimum Gasteiger partial charge on any atom is -0.457 e. The lowest BCUT2D eigenvalue weighted by Gasteiger charge is -2.39. The number of unbranched alkanes of at least 4 members (excludes halogenated alkanes) is 39. The summed E-state index contributed by atoms with van der Waals surface area (Å²) in [7, 11) is 0. The van der Waals surface area contributed by atoms with Gasteiger partial charge in [-0.3, -0.25) is 4.79 Å². The van der Waals surface area contributed by atoms with Crippen LogP contribution < -0.4 is 0 Å². The number of aliphatic hydroxyl groups is 4. The first-order valence-electron chi connectivity index (χ1n) is 29.3. The molecule has 6 unspecified atom stereocenters. The second-order valence-electron chi connectivity index (χ2n) is 20.5. The lowest BCUT2D eigenvalue weighted by molar-refractivity contribution is -0.305. The van der Waals surface area contributed by atoms with Crippen molar-refractivity contribution >= 4 is 5.97 Å². The van der Waals surface area contributed by atoms with Crippen molar-refractivity contribution in [2.24, 2.45) is 0 Å². The van der Waals surface area contributed by atoms with E-state index < -0.39 is 43.4 Å². The Balaban J connectivity index is 2.13. The van der Waals surface area contributed by atoms with Crippen LogP contribution in [0.4, 0.5) is 0 Å². The Hall–Kier alpha value is -1.07. The van der Waals surface area contributed by atoms with Gasteiger partial charge < -0.3 is 39.4 Å². The molecule has 0 bridgehead atoms. The molecule has 0 aromatic rings. The average Bonchev–Trinajstić information content (AvgIpc) is 3.33. The number of hydrogen-bond acceptors (Lipinski definition) is 9. The fraction of sp³-hybridized carbons (Fsp3) is 0.948. The second kappa shape index (κ2) is 49.9. The van der Waals surface area contributed by atoms with Crippen LogP contribution in [0.1, 0.15) is 290 Å². The van der Waals surface area contributed by atoms with Crippen LogP contribution in [0.5, 0.6) is 0 Å². The number of allylic oxidation sites excluding steroid dienone is 2. The molecule has 0 aromatic heterocycles. The molecule has 67 heavy (non-hydrogen) atoms. The van der Waals surface area contributed by atoms with E-state index >= 15 is 0 Å². The SMILES string of the molecule is CCCCCCCCCC/C=C\CCCCCCCCCCCCOCC(COC1OC(CO)C(O)C(O)C1O)OC(=O)CCCCCCCCCCCCCCCCCCCCCCCC. The van der Waals surface area contributed by atoms with Gasteiger partial charge in [-0.1, -0.05) is 257 Å². The first-order valence-corrected chi connectivity index (χ1v) is 29.3. The van der Waals surface area contributed by atoms with Crippen LogP contribution >= 0.6 is 0 Å². The van der Waals surface area contributed by atoms with Gasteiger partial charge in [-0.2, -0.15) is 0 Å². The summed E-state index contributed by atoms with van der Waals surface area (Å²) in [6, 6.07) is 0. The van der Waals surface area contributed by atoms with E-state index in [2.05, 4.69) is 26.0 Å². The summed E-state index contributed by atoms with van der Waals surface area (Å²) in [4.78, 5) is 12.9. The minimum absolute atomic E-state index is 0.107. The van der Waals surface area contributed by atoms with E-state index in [1.807, 2.05) is 0 Å². The van der Waals surface area contributed by atoms with Crippen molar-refractivity contribution < 1.29 is 44.2 Å². The maximum absolute atomic E-state index is 12.9. The first-order chi connectivity index (χ1) is 32.9. The van der Waals surface area contributed by atoms with Gasteiger partial charge in [0.25, 0.3) is 0 Å². The summed E-state index contributed by atoms with van der Waals surface area (Å²) in [6.45, 7) is 4.63. The molecule has 0 saturated carbocycles. The summed E-state index contributed by atoms with van der Waals surface area (Å²) < 4.78 is 23.0. The Morgan fingerprint density at radius 3 is 1.21 bits per heavy atom. The van der Waals surface area contributed by atoms with E-state index in [1.165, 1.54) is 238 Å². The largest absolute Gasteiger partial charge is 0.457 e. The Labute approximate surface area is 414 Å². The maximum Gasteiger partial charge on any atom is 0.306 e. The molecule has 0 aromatic carbocycles. The summed E-state index contributed by atoms with van der Waals surface area (Å²) in [6.07, 6.45) is 52.6. The zero-order valence-electron chi connectivity index (χ0n) is 44.2. The van der Waals surface area contributed by atoms with Gasteiger partial charge in [0.2, 0.25) is 0 Å². The van der Waals surface area contributed by atoms with Crippen molar-refractivity contribution in [1.82, 2.24) is 0 Å². The van der Waals surface area contributed by atoms with Crippen LogP contribution in [0.3, 0.4) is 0 Å². The zero-order valence-corrected chi connectivity index (χ0v) is 44.2. The number of ether oxygens (including phenoxy) is 4. The van der Waals surface area contributed by atoms with Gasteiger partial charge in [0.1, 0.15) is 30.5 Å². The van der Waals surface area contributed by atoms with Gasteiger partial charge in [0, 0.05) is 13.0 Å². The molecule has 9 nitrogen and oxygen atoms in total. The molecule has 0 aliphatic carbocycles. The molecule has 9 heteroatoms. The Morgan fingerprint density at radius 1 is 0.463 bits per heavy atom. The zero-order chi connectivity index (χ0) is 48.5. The molecule has 1 saturated heterocycles. The topological polar surface area (TPSA) is 135 Å². The third-order valence-corrected chi connectivity index (χ3v) is 13.9. The van der Waals surface area contributed by atoms with Crippen molar-refractivity contribution in [2.45, 2.75) is 327 Å². The Morgan fingerprint density at radius 2 is 0.821 bits per heavy atom. The third kappa shape index (κ3) is 40.2. The minimum atomic E-state index is -1.53. The monoisotopic (exact) mass is 953 g/mol. The fourth-order valence-electron chi connectivity index (χ4n) is 9.37. The van der Waals surface area contributed by atoms with Crippen LogP contribution in [0.15, 0.2) is 12.2 Å². The van der Waals surface area contributed by atoms with E-state index in [-0.39, 0.29) is 19.2 Å². The van der Waals surface area contributed by atoms with Crippen LogP contribution in [-0.4, -0.2) is 89.6 Å². The molecule has 0 radical (unpaired) electrons. The first kappa shape index (κ1) is 63.9. The quantitative estimate of drug-likeness (QED) is 0.0267. The second-order valence-corrected chi connectivity index (χ2v) is 20.5. The van der Waals surface area contributed by atoms with Crippen LogP contribution in [0.25, 0.3) is 0 Å². The van der Waals surface area contributed by atoms with Crippen molar-refractivity contribution in [3.63, 3.8) is 0 Å². The van der Waals surface area contributed by atoms with E-state index in [0.717, 1.165) is 32.1 Å². The van der Waals surface area contributed by atoms with Gasteiger partial charge >= 0.3 is 5.97 Å². The molecule has 4 N–H and O–H groups in total. The number of aliphatic hydroxyl groups excluding tert-OH is 4. The molecule has 0 amide bonds. The number of hydrogen-bond donors (Lipinski definition) is 4. The number of esters is 1. The molecule has 1 aliphatic heterocycles. The van der Waals surface area contributed by atoms with Crippen LogP contribution in [0.2, 0.25) is 0 Å². The molecular weight excluding hydrogens is 841 g/mol. The highest BCUT2D eigenvalue weighted by atomic mass is 16.7. The predicted octanol–water partition coefficient (Wildman–Crippen LogP) is 15.1. The molecule has 0 spiro atoms. The summed E-state index contributed by atoms with van der Waals surface area (Å²) >= 11 is 0. The van der Waals surface area contributed by atoms with Crippen molar-refractivity contribution in [3.8, 4) is 0 Å². The molecule has 1 heterocycles. The van der Waals surface area contributed by atoms with Crippen molar-refractivity contribution in [1.29, 1.82) is 0 Å². The highest BCUT2D eigenvalue weighted by molar-refractivity contribution is 5.69. The van der Waals surface area contributed by atoms with Crippen LogP contribution in [0, 0.1) is 0 Å². The Kier molecular flexibility index (Phi) is 47.6. The lowest BCUT2D eigenvalue weighted by atomic mass is 9.99. The highest BCUT2D eigenvalue weighted by Crippen LogP contribution is 2.23. The molecule has 1 aliphatic rings. The third-order valence-electron chi connectivity index (χ3n) is 13.9. The van der Waals surface area contributed by atoms with Crippen molar-refractivity contribution in [2.75, 3.05) is 26.4 Å². The van der Waals surface area contributed by atoms with E-state index in [9.17, 15) is 25.2 Å². The van der Waals surface area contributed by atoms with Gasteiger partial charge in [0.15, 0.2) is 6.29 Å². The number of rotatable bonds is 52. The molecule has 6 atom stereocenters. The normalized spacial score (nSPS) is 19.2. The Bertz CT molecular complexity index is 1040. The number of carbonyl (C=O) groups is 1. The summed E-state index contributed by atoms with van der Waals surface area (Å²) in [5.41, 5.74) is 0. The molecule has 1 rings (SSSR count). The predicted molar refractivity (Wildman–Crippen MR) is 279 cm³/mol. The highest BCUT2D eigenvalue weighted by Gasteiger charge is 2.44. The van der Waals surface area contributed by atoms with E-state index in [4.69, 9.17) is 18.9 Å². The lowest BCUT2D eigenvalue weighted by Crippen LogP contribution is -2.59. The van der Waals surface area contributed by atoms with Gasteiger partial charge in [-0.05, 0) is 38.5 Å². The van der Waals surface area contributed by atoms with Gasteiger partial charge in [-0.25, -0.2) is 0 Å². The summed E-state index contributed by atoms with van der Waals surface area (Å²) in [5, 5.41) is 40.4. The average molecular weight is 954 g/mol. The number of carbonyl (C=O) groups excluding carboxylic acids is 1. The molecule has 1 fully saturated rings. The van der Waals surface area contributed by atoms with E-state index in [0.29, 0.717) is 13.0 Å². The molecular formula is C58H112O9. The van der Waals surface area contributed by atoms with Crippen LogP contribution in [-0.2, 0) is 23.7 Å². The molecule has 398 valence electrons.